The summed E-state index contributed by atoms with van der Waals surface area (Å²) in [4.78, 5) is 0. The predicted octanol–water partition coefficient (Wildman–Crippen LogP) is -0.0203. The minimum absolute atomic E-state index is 0.00983. The van der Waals surface area contributed by atoms with Gasteiger partial charge in [0, 0.05) is 0 Å². The average molecular weight is 228 g/mol. The maximum Gasteiger partial charge on any atom is 0.123 e. The quantitative estimate of drug-likeness (QED) is 0.665. The van der Waals surface area contributed by atoms with Crippen molar-refractivity contribution in [1.29, 1.82) is 0 Å². The van der Waals surface area contributed by atoms with E-state index in [0.29, 0.717) is 5.56 Å². The number of rotatable bonds is 2. The van der Waals surface area contributed by atoms with Crippen LogP contribution in [-0.2, 0) is 4.74 Å². The summed E-state index contributed by atoms with van der Waals surface area (Å²) in [6.07, 6.45) is -4.06. The van der Waals surface area contributed by atoms with Gasteiger partial charge in [-0.3, -0.25) is 0 Å². The van der Waals surface area contributed by atoms with Gasteiger partial charge in [0.25, 0.3) is 0 Å². The molecule has 0 aliphatic carbocycles. The molecular weight excluding hydrogens is 215 g/mol. The molecule has 5 heteroatoms. The molecule has 1 aliphatic heterocycles. The van der Waals surface area contributed by atoms with Gasteiger partial charge in [0.2, 0.25) is 0 Å². The van der Waals surface area contributed by atoms with Crippen LogP contribution in [0, 0.1) is 5.82 Å². The highest BCUT2D eigenvalue weighted by Crippen LogP contribution is 2.27. The summed E-state index contributed by atoms with van der Waals surface area (Å²) in [5.41, 5.74) is 0.444. The fourth-order valence-electron chi connectivity index (χ4n) is 1.75. The number of hydrogen-bond acceptors (Lipinski definition) is 4. The number of hydrogen-bond donors (Lipinski definition) is 3. The van der Waals surface area contributed by atoms with E-state index in [1.165, 1.54) is 24.3 Å². The minimum Gasteiger partial charge on any atom is -0.388 e. The number of halogens is 1. The van der Waals surface area contributed by atoms with E-state index in [1.54, 1.807) is 0 Å². The lowest BCUT2D eigenvalue weighted by Gasteiger charge is -2.21. The maximum absolute atomic E-state index is 12.7. The van der Waals surface area contributed by atoms with E-state index in [9.17, 15) is 19.7 Å². The van der Waals surface area contributed by atoms with Gasteiger partial charge < -0.3 is 20.1 Å². The van der Waals surface area contributed by atoms with Crippen molar-refractivity contribution in [1.82, 2.24) is 0 Å². The molecule has 0 aromatic heterocycles. The largest absolute Gasteiger partial charge is 0.388 e. The Kier molecular flexibility index (Phi) is 3.20. The molecule has 1 aromatic carbocycles. The molecule has 4 nitrogen and oxygen atoms in total. The van der Waals surface area contributed by atoms with Gasteiger partial charge in [-0.05, 0) is 17.7 Å². The highest BCUT2D eigenvalue weighted by molar-refractivity contribution is 5.20. The number of benzene rings is 1. The third kappa shape index (κ3) is 2.08. The topological polar surface area (TPSA) is 69.9 Å². The molecule has 0 bridgehead atoms. The SMILES string of the molecule is OC1COC([C@H](O)c2ccc(F)cc2)C1O. The molecule has 3 N–H and O–H groups in total. The van der Waals surface area contributed by atoms with E-state index in [4.69, 9.17) is 4.74 Å². The Labute approximate surface area is 91.9 Å². The Morgan fingerprint density at radius 1 is 1.25 bits per heavy atom. The highest BCUT2D eigenvalue weighted by atomic mass is 19.1. The Balaban J connectivity index is 2.13. The van der Waals surface area contributed by atoms with Gasteiger partial charge in [-0.25, -0.2) is 4.39 Å². The van der Waals surface area contributed by atoms with Crippen LogP contribution >= 0.6 is 0 Å². The van der Waals surface area contributed by atoms with E-state index < -0.39 is 30.2 Å². The van der Waals surface area contributed by atoms with Crippen LogP contribution in [0.4, 0.5) is 4.39 Å². The van der Waals surface area contributed by atoms with Crippen LogP contribution in [0.5, 0.6) is 0 Å². The summed E-state index contributed by atoms with van der Waals surface area (Å²) >= 11 is 0. The van der Waals surface area contributed by atoms with Crippen LogP contribution < -0.4 is 0 Å². The molecule has 1 aliphatic rings. The van der Waals surface area contributed by atoms with E-state index >= 15 is 0 Å². The highest BCUT2D eigenvalue weighted by Gasteiger charge is 2.39. The first-order valence-corrected chi connectivity index (χ1v) is 5.01. The van der Waals surface area contributed by atoms with Gasteiger partial charge in [-0.1, -0.05) is 12.1 Å². The van der Waals surface area contributed by atoms with Crippen LogP contribution in [0.25, 0.3) is 0 Å². The second-order valence-electron chi connectivity index (χ2n) is 3.85. The standard InChI is InChI=1S/C11H13FO4/c12-7-3-1-6(2-4-7)9(14)11-10(15)8(13)5-16-11/h1-4,8-11,13-15H,5H2/t8?,9-,10?,11?/m1/s1. The van der Waals surface area contributed by atoms with E-state index in [2.05, 4.69) is 0 Å². The molecule has 1 saturated heterocycles. The van der Waals surface area contributed by atoms with Gasteiger partial charge in [0.05, 0.1) is 6.61 Å². The third-order valence-corrected chi connectivity index (χ3v) is 2.71. The number of ether oxygens (including phenoxy) is 1. The summed E-state index contributed by atoms with van der Waals surface area (Å²) < 4.78 is 17.7. The summed E-state index contributed by atoms with van der Waals surface area (Å²) in [5, 5.41) is 28.7. The summed E-state index contributed by atoms with van der Waals surface area (Å²) in [5.74, 6) is -0.399. The molecule has 0 spiro atoms. The van der Waals surface area contributed by atoms with Gasteiger partial charge in [-0.15, -0.1) is 0 Å². The van der Waals surface area contributed by atoms with Gasteiger partial charge in [0.15, 0.2) is 0 Å². The van der Waals surface area contributed by atoms with E-state index in [-0.39, 0.29) is 6.61 Å². The lowest BCUT2D eigenvalue weighted by Crippen LogP contribution is -2.34. The molecule has 1 fully saturated rings. The van der Waals surface area contributed by atoms with Crippen LogP contribution in [0.3, 0.4) is 0 Å². The van der Waals surface area contributed by atoms with E-state index in [1.807, 2.05) is 0 Å². The molecule has 0 saturated carbocycles. The van der Waals surface area contributed by atoms with Crippen molar-refractivity contribution in [3.63, 3.8) is 0 Å². The van der Waals surface area contributed by atoms with Crippen molar-refractivity contribution in [2.45, 2.75) is 24.4 Å². The first-order valence-electron chi connectivity index (χ1n) is 5.01. The molecule has 16 heavy (non-hydrogen) atoms. The van der Waals surface area contributed by atoms with Crippen LogP contribution in [0.15, 0.2) is 24.3 Å². The van der Waals surface area contributed by atoms with Crippen LogP contribution in [0.1, 0.15) is 11.7 Å². The fourth-order valence-corrected chi connectivity index (χ4v) is 1.75. The summed E-state index contributed by atoms with van der Waals surface area (Å²) in [6.45, 7) is -0.00983. The summed E-state index contributed by atoms with van der Waals surface area (Å²) in [6, 6.07) is 5.27. The van der Waals surface area contributed by atoms with Crippen LogP contribution in [-0.4, -0.2) is 40.2 Å². The monoisotopic (exact) mass is 228 g/mol. The summed E-state index contributed by atoms with van der Waals surface area (Å²) in [7, 11) is 0. The second kappa shape index (κ2) is 4.47. The van der Waals surface area contributed by atoms with E-state index in [0.717, 1.165) is 0 Å². The second-order valence-corrected chi connectivity index (χ2v) is 3.85. The Bertz CT molecular complexity index is 354. The first kappa shape index (κ1) is 11.5. The molecule has 1 heterocycles. The zero-order valence-electron chi connectivity index (χ0n) is 8.45. The van der Waals surface area contributed by atoms with Gasteiger partial charge >= 0.3 is 0 Å². The zero-order valence-corrected chi connectivity index (χ0v) is 8.45. The maximum atomic E-state index is 12.7. The average Bonchev–Trinajstić information content (AvgIpc) is 2.60. The number of aliphatic hydroxyl groups is 3. The molecule has 0 radical (unpaired) electrons. The van der Waals surface area contributed by atoms with Crippen molar-refractivity contribution in [2.75, 3.05) is 6.61 Å². The predicted molar refractivity (Wildman–Crippen MR) is 53.1 cm³/mol. The number of aliphatic hydroxyl groups excluding tert-OH is 3. The molecule has 2 rings (SSSR count). The van der Waals surface area contributed by atoms with Gasteiger partial charge in [0.1, 0.15) is 30.2 Å². The van der Waals surface area contributed by atoms with Crippen molar-refractivity contribution in [2.24, 2.45) is 0 Å². The van der Waals surface area contributed by atoms with Gasteiger partial charge in [-0.2, -0.15) is 0 Å². The molecular formula is C11H13FO4. The van der Waals surface area contributed by atoms with Crippen molar-refractivity contribution < 1.29 is 24.4 Å². The van der Waals surface area contributed by atoms with Crippen molar-refractivity contribution in [3.8, 4) is 0 Å². The molecule has 1 aromatic rings. The van der Waals surface area contributed by atoms with Crippen LogP contribution in [0.2, 0.25) is 0 Å². The molecule has 0 amide bonds. The Morgan fingerprint density at radius 3 is 2.38 bits per heavy atom. The molecule has 4 atom stereocenters. The smallest absolute Gasteiger partial charge is 0.123 e. The minimum atomic E-state index is -1.12. The Hall–Kier alpha value is -1.01. The lowest BCUT2D eigenvalue weighted by atomic mass is 10.00. The third-order valence-electron chi connectivity index (χ3n) is 2.71. The fraction of sp³-hybridized carbons (Fsp3) is 0.455. The van der Waals surface area contributed by atoms with Crippen molar-refractivity contribution in [3.05, 3.63) is 35.6 Å². The molecule has 88 valence electrons. The Morgan fingerprint density at radius 2 is 1.88 bits per heavy atom. The first-order chi connectivity index (χ1) is 7.59. The zero-order chi connectivity index (χ0) is 11.7. The lowest BCUT2D eigenvalue weighted by molar-refractivity contribution is -0.0520. The normalized spacial score (nSPS) is 31.6. The van der Waals surface area contributed by atoms with Crippen molar-refractivity contribution >= 4 is 0 Å². The molecule has 3 unspecified atom stereocenters.